The Balaban J connectivity index is 1.46. The van der Waals surface area contributed by atoms with Gasteiger partial charge in [0, 0.05) is 26.2 Å². The number of hydrogen-bond donors (Lipinski definition) is 0. The predicted molar refractivity (Wildman–Crippen MR) is 121 cm³/mol. The van der Waals surface area contributed by atoms with Gasteiger partial charge in [0.15, 0.2) is 5.76 Å². The average molecular weight is 450 g/mol. The minimum atomic E-state index is -3.58. The van der Waals surface area contributed by atoms with Crippen LogP contribution in [-0.2, 0) is 15.4 Å². The zero-order chi connectivity index (χ0) is 22.6. The molecule has 0 bridgehead atoms. The Hall–Kier alpha value is -1.90. The summed E-state index contributed by atoms with van der Waals surface area (Å²) in [7, 11) is -3.58. The summed E-state index contributed by atoms with van der Waals surface area (Å²) in [6.07, 6.45) is 1.70. The van der Waals surface area contributed by atoms with Crippen molar-refractivity contribution in [2.45, 2.75) is 57.8 Å². The Kier molecular flexibility index (Phi) is 7.44. The van der Waals surface area contributed by atoms with Gasteiger partial charge in [0.05, 0.1) is 6.61 Å². The highest BCUT2D eigenvalue weighted by atomic mass is 32.2. The number of sulfonamides is 1. The maximum atomic E-state index is 13.0. The zero-order valence-corrected chi connectivity index (χ0v) is 20.2. The molecule has 3 rings (SSSR count). The Labute approximate surface area is 186 Å². The molecule has 2 heterocycles. The summed E-state index contributed by atoms with van der Waals surface area (Å²) in [6.45, 7) is 14.0. The van der Waals surface area contributed by atoms with Crippen LogP contribution in [0.25, 0.3) is 0 Å². The quantitative estimate of drug-likeness (QED) is 0.599. The second kappa shape index (κ2) is 9.71. The first-order valence-corrected chi connectivity index (χ1v) is 12.4. The molecule has 0 N–H and O–H groups in total. The Bertz CT molecular complexity index is 942. The molecule has 0 unspecified atom stereocenters. The molecule has 8 heteroatoms. The summed E-state index contributed by atoms with van der Waals surface area (Å²) in [5, 5.41) is 3.80. The van der Waals surface area contributed by atoms with Crippen LogP contribution in [0.4, 0.5) is 0 Å². The molecule has 172 valence electrons. The summed E-state index contributed by atoms with van der Waals surface area (Å²) in [5.74, 6) is 1.24. The first kappa shape index (κ1) is 23.8. The summed E-state index contributed by atoms with van der Waals surface area (Å²) in [4.78, 5) is 2.53. The van der Waals surface area contributed by atoms with Crippen LogP contribution >= 0.6 is 0 Å². The van der Waals surface area contributed by atoms with Crippen molar-refractivity contribution < 1.29 is 17.7 Å². The van der Waals surface area contributed by atoms with Gasteiger partial charge in [0.25, 0.3) is 0 Å². The van der Waals surface area contributed by atoms with Crippen molar-refractivity contribution in [1.82, 2.24) is 14.4 Å². The third kappa shape index (κ3) is 5.87. The molecule has 1 aromatic heterocycles. The molecule has 0 radical (unpaired) electrons. The van der Waals surface area contributed by atoms with Gasteiger partial charge in [0.2, 0.25) is 10.0 Å². The van der Waals surface area contributed by atoms with Crippen LogP contribution in [0.2, 0.25) is 0 Å². The van der Waals surface area contributed by atoms with E-state index in [0.717, 1.165) is 31.7 Å². The SMILES string of the molecule is Cc1noc(C)c1S(=O)(=O)N1CCCN(CCCOc2ccc(C(C)(C)C)cc2)CC1. The van der Waals surface area contributed by atoms with Crippen LogP contribution in [0, 0.1) is 13.8 Å². The molecule has 2 aromatic rings. The molecular formula is C23H35N3O4S. The molecule has 1 fully saturated rings. The smallest absolute Gasteiger partial charge is 0.248 e. The highest BCUT2D eigenvalue weighted by molar-refractivity contribution is 7.89. The van der Waals surface area contributed by atoms with E-state index in [1.165, 1.54) is 5.56 Å². The van der Waals surface area contributed by atoms with Gasteiger partial charge < -0.3 is 14.2 Å². The standard InChI is InChI=1S/C23H35N3O4S/c1-18-22(19(2)30-24-18)31(27,28)26-14-6-12-25(15-16-26)13-7-17-29-21-10-8-20(9-11-21)23(3,4)5/h8-11H,6-7,12-17H2,1-5H3. The van der Waals surface area contributed by atoms with Gasteiger partial charge in [-0.3, -0.25) is 0 Å². The third-order valence-electron chi connectivity index (χ3n) is 5.72. The maximum absolute atomic E-state index is 13.0. The van der Waals surface area contributed by atoms with Crippen molar-refractivity contribution in [3.05, 3.63) is 41.3 Å². The van der Waals surface area contributed by atoms with Gasteiger partial charge in [-0.1, -0.05) is 38.1 Å². The second-order valence-corrected chi connectivity index (χ2v) is 11.1. The third-order valence-corrected chi connectivity index (χ3v) is 7.86. The van der Waals surface area contributed by atoms with E-state index in [9.17, 15) is 8.42 Å². The van der Waals surface area contributed by atoms with Crippen molar-refractivity contribution in [1.29, 1.82) is 0 Å². The average Bonchev–Trinajstić information content (AvgIpc) is 2.90. The van der Waals surface area contributed by atoms with Gasteiger partial charge in [-0.2, -0.15) is 4.31 Å². The molecule has 0 aliphatic carbocycles. The van der Waals surface area contributed by atoms with Crippen molar-refractivity contribution in [3.63, 3.8) is 0 Å². The van der Waals surface area contributed by atoms with E-state index in [-0.39, 0.29) is 10.3 Å². The highest BCUT2D eigenvalue weighted by Gasteiger charge is 2.32. The van der Waals surface area contributed by atoms with Gasteiger partial charge in [-0.05, 0) is 56.3 Å². The predicted octanol–water partition coefficient (Wildman–Crippen LogP) is 3.75. The van der Waals surface area contributed by atoms with E-state index in [4.69, 9.17) is 9.26 Å². The lowest BCUT2D eigenvalue weighted by Gasteiger charge is -2.22. The fourth-order valence-corrected chi connectivity index (χ4v) is 5.67. The fourth-order valence-electron chi connectivity index (χ4n) is 3.91. The van der Waals surface area contributed by atoms with Gasteiger partial charge in [-0.25, -0.2) is 8.42 Å². The van der Waals surface area contributed by atoms with Gasteiger partial charge in [0.1, 0.15) is 16.3 Å². The first-order valence-electron chi connectivity index (χ1n) is 11.0. The van der Waals surface area contributed by atoms with Crippen LogP contribution in [0.5, 0.6) is 5.75 Å². The lowest BCUT2D eigenvalue weighted by atomic mass is 9.87. The number of rotatable bonds is 7. The summed E-state index contributed by atoms with van der Waals surface area (Å²) < 4.78 is 38.6. The lowest BCUT2D eigenvalue weighted by molar-refractivity contribution is 0.241. The summed E-state index contributed by atoms with van der Waals surface area (Å²) in [6, 6.07) is 8.31. The number of aromatic nitrogens is 1. The highest BCUT2D eigenvalue weighted by Crippen LogP contribution is 2.25. The number of hydrogen-bond acceptors (Lipinski definition) is 6. The first-order chi connectivity index (χ1) is 14.6. The van der Waals surface area contributed by atoms with Crippen LogP contribution in [-0.4, -0.2) is 62.1 Å². The molecule has 1 aliphatic rings. The zero-order valence-electron chi connectivity index (χ0n) is 19.3. The Morgan fingerprint density at radius 1 is 1.06 bits per heavy atom. The second-order valence-electron chi connectivity index (χ2n) is 9.23. The molecular weight excluding hydrogens is 414 g/mol. The molecule has 1 saturated heterocycles. The summed E-state index contributed by atoms with van der Waals surface area (Å²) >= 11 is 0. The van der Waals surface area contributed by atoms with Crippen LogP contribution in [0.15, 0.2) is 33.7 Å². The van der Waals surface area contributed by atoms with Gasteiger partial charge >= 0.3 is 0 Å². The topological polar surface area (TPSA) is 75.9 Å². The molecule has 1 aliphatic heterocycles. The molecule has 0 saturated carbocycles. The van der Waals surface area contributed by atoms with E-state index < -0.39 is 10.0 Å². The molecule has 31 heavy (non-hydrogen) atoms. The van der Waals surface area contributed by atoms with Gasteiger partial charge in [-0.15, -0.1) is 0 Å². The lowest BCUT2D eigenvalue weighted by Crippen LogP contribution is -2.36. The largest absolute Gasteiger partial charge is 0.494 e. The fraction of sp³-hybridized carbons (Fsp3) is 0.609. The number of aryl methyl sites for hydroxylation is 2. The van der Waals surface area contributed by atoms with Crippen LogP contribution in [0.1, 0.15) is 50.6 Å². The Morgan fingerprint density at radius 2 is 1.77 bits per heavy atom. The van der Waals surface area contributed by atoms with E-state index in [1.54, 1.807) is 18.2 Å². The normalized spacial score (nSPS) is 16.9. The van der Waals surface area contributed by atoms with E-state index >= 15 is 0 Å². The van der Waals surface area contributed by atoms with Crippen LogP contribution < -0.4 is 4.74 Å². The van der Waals surface area contributed by atoms with Crippen molar-refractivity contribution >= 4 is 10.0 Å². The molecule has 1 aromatic carbocycles. The van der Waals surface area contributed by atoms with E-state index in [2.05, 4.69) is 43.0 Å². The molecule has 0 amide bonds. The van der Waals surface area contributed by atoms with E-state index in [0.29, 0.717) is 37.7 Å². The number of nitrogens with zero attached hydrogens (tertiary/aromatic N) is 3. The minimum Gasteiger partial charge on any atom is -0.494 e. The maximum Gasteiger partial charge on any atom is 0.248 e. The summed E-state index contributed by atoms with van der Waals surface area (Å²) in [5.41, 5.74) is 1.85. The Morgan fingerprint density at radius 3 is 2.39 bits per heavy atom. The van der Waals surface area contributed by atoms with E-state index in [1.807, 2.05) is 12.1 Å². The molecule has 0 spiro atoms. The van der Waals surface area contributed by atoms with Crippen molar-refractivity contribution in [2.75, 3.05) is 39.3 Å². The monoisotopic (exact) mass is 449 g/mol. The number of benzene rings is 1. The molecule has 7 nitrogen and oxygen atoms in total. The van der Waals surface area contributed by atoms with Crippen LogP contribution in [0.3, 0.4) is 0 Å². The minimum absolute atomic E-state index is 0.137. The molecule has 0 atom stereocenters. The number of ether oxygens (including phenoxy) is 1. The van der Waals surface area contributed by atoms with Crippen molar-refractivity contribution in [3.8, 4) is 5.75 Å². The van der Waals surface area contributed by atoms with Crippen molar-refractivity contribution in [2.24, 2.45) is 0 Å².